The third kappa shape index (κ3) is 8.07. The third-order valence-corrected chi connectivity index (χ3v) is 14.0. The fourth-order valence-electron chi connectivity index (χ4n) is 9.09. The molecular weight excluding hydrogens is 683 g/mol. The van der Waals surface area contributed by atoms with Crippen molar-refractivity contribution in [2.45, 2.75) is 84.2 Å². The predicted octanol–water partition coefficient (Wildman–Crippen LogP) is 6.24. The highest BCUT2D eigenvalue weighted by Gasteiger charge is 2.56. The molecule has 11 heteroatoms. The Morgan fingerprint density at radius 1 is 1.00 bits per heavy atom. The zero-order valence-corrected chi connectivity index (χ0v) is 32.1. The lowest BCUT2D eigenvalue weighted by Crippen LogP contribution is -2.61. The van der Waals surface area contributed by atoms with E-state index < -0.39 is 27.7 Å². The van der Waals surface area contributed by atoms with Crippen LogP contribution >= 0.6 is 0 Å². The summed E-state index contributed by atoms with van der Waals surface area (Å²) in [5, 5.41) is 3.27. The van der Waals surface area contributed by atoms with Crippen molar-refractivity contribution >= 4 is 15.9 Å². The van der Waals surface area contributed by atoms with Crippen LogP contribution in [0, 0.1) is 34.8 Å². The number of ether oxygens (including phenoxy) is 1. The van der Waals surface area contributed by atoms with Gasteiger partial charge in [-0.2, -0.15) is 4.31 Å². The average molecular weight is 737 g/mol. The van der Waals surface area contributed by atoms with Crippen molar-refractivity contribution in [3.05, 3.63) is 101 Å². The zero-order chi connectivity index (χ0) is 37.4. The molecule has 1 aliphatic heterocycles. The van der Waals surface area contributed by atoms with Gasteiger partial charge in [0.1, 0.15) is 11.8 Å². The van der Waals surface area contributed by atoms with Gasteiger partial charge in [-0.25, -0.2) is 17.2 Å². The van der Waals surface area contributed by atoms with Crippen molar-refractivity contribution in [3.63, 3.8) is 0 Å². The van der Waals surface area contributed by atoms with Gasteiger partial charge in [0.2, 0.25) is 15.9 Å². The molecule has 3 aromatic carbocycles. The molecule has 7 rings (SSSR count). The first kappa shape index (κ1) is 38.3. The standard InChI is InChI=1S/C41H54F2N4O4S/c1-27-34-21-31(41(34,2)3)22-36(27)44-40(48)37-17-18-52(49,50)47(37)24-30-14-10-13-29(19-30)23-46(26-33-38(51-6)16-15-35(42)39(33)43)32(25-45(4)5)20-28-11-8-7-9-12-28/h7-16,19,27,31-32,34,36-37H,17-18,20-26H2,1-6H3,(H,44,48)/t27-,31?,32-,34?,36-,37?/m0/s1. The van der Waals surface area contributed by atoms with Gasteiger partial charge in [-0.15, -0.1) is 0 Å². The van der Waals surface area contributed by atoms with Gasteiger partial charge in [-0.1, -0.05) is 75.4 Å². The summed E-state index contributed by atoms with van der Waals surface area (Å²) in [4.78, 5) is 18.0. The van der Waals surface area contributed by atoms with Crippen LogP contribution in [0.25, 0.3) is 0 Å². The summed E-state index contributed by atoms with van der Waals surface area (Å²) in [6.07, 6.45) is 3.05. The Morgan fingerprint density at radius 3 is 2.38 bits per heavy atom. The van der Waals surface area contributed by atoms with E-state index >= 15 is 4.39 Å². The molecule has 0 aromatic heterocycles. The number of carbonyl (C=O) groups is 1. The topological polar surface area (TPSA) is 82.2 Å². The third-order valence-electron chi connectivity index (χ3n) is 12.2. The van der Waals surface area contributed by atoms with Crippen molar-refractivity contribution < 1.29 is 26.7 Å². The van der Waals surface area contributed by atoms with E-state index in [0.29, 0.717) is 37.3 Å². The van der Waals surface area contributed by atoms with E-state index in [-0.39, 0.29) is 60.0 Å². The van der Waals surface area contributed by atoms with Crippen LogP contribution < -0.4 is 10.1 Å². The van der Waals surface area contributed by atoms with Gasteiger partial charge in [0.25, 0.3) is 0 Å². The fraction of sp³-hybridized carbons (Fsp3) is 0.537. The van der Waals surface area contributed by atoms with Crippen LogP contribution in [0.15, 0.2) is 66.7 Å². The molecule has 3 saturated carbocycles. The van der Waals surface area contributed by atoms with Crippen LogP contribution in [0.5, 0.6) is 5.75 Å². The molecule has 1 heterocycles. The number of sulfonamides is 1. The largest absolute Gasteiger partial charge is 0.496 e. The highest BCUT2D eigenvalue weighted by atomic mass is 32.2. The number of likely N-dealkylation sites (N-methyl/N-ethyl adjacent to an activating group) is 1. The second kappa shape index (κ2) is 15.5. The minimum atomic E-state index is -3.64. The molecule has 1 N–H and O–H groups in total. The van der Waals surface area contributed by atoms with Gasteiger partial charge in [0.05, 0.1) is 12.9 Å². The van der Waals surface area contributed by atoms with E-state index in [2.05, 4.69) is 48.0 Å². The van der Waals surface area contributed by atoms with Gasteiger partial charge in [-0.05, 0) is 91.8 Å². The summed E-state index contributed by atoms with van der Waals surface area (Å²) in [7, 11) is 1.78. The number of fused-ring (bicyclic) bond motifs is 2. The quantitative estimate of drug-likeness (QED) is 0.211. The Balaban J connectivity index is 1.24. The van der Waals surface area contributed by atoms with E-state index in [1.54, 1.807) is 0 Å². The number of benzene rings is 3. The lowest BCUT2D eigenvalue weighted by Gasteiger charge is -2.62. The molecule has 1 amide bonds. The average Bonchev–Trinajstić information content (AvgIpc) is 3.40. The molecule has 3 aliphatic carbocycles. The minimum absolute atomic E-state index is 0.0521. The Labute approximate surface area is 308 Å². The molecule has 4 fully saturated rings. The lowest BCUT2D eigenvalue weighted by atomic mass is 9.45. The molecule has 282 valence electrons. The molecule has 3 unspecified atom stereocenters. The van der Waals surface area contributed by atoms with Crippen molar-refractivity contribution in [2.75, 3.05) is 33.5 Å². The minimum Gasteiger partial charge on any atom is -0.496 e. The second-order valence-corrected chi connectivity index (χ2v) is 18.2. The maximum atomic E-state index is 15.4. The number of amides is 1. The summed E-state index contributed by atoms with van der Waals surface area (Å²) in [5.74, 6) is -0.398. The summed E-state index contributed by atoms with van der Waals surface area (Å²) in [6.45, 7) is 8.05. The van der Waals surface area contributed by atoms with Gasteiger partial charge < -0.3 is 15.0 Å². The van der Waals surface area contributed by atoms with Gasteiger partial charge >= 0.3 is 0 Å². The van der Waals surface area contributed by atoms with E-state index in [9.17, 15) is 17.6 Å². The number of halogens is 2. The number of carbonyl (C=O) groups excluding carboxylic acids is 1. The van der Waals surface area contributed by atoms with Gasteiger partial charge in [0, 0.05) is 43.8 Å². The van der Waals surface area contributed by atoms with Gasteiger partial charge in [0.15, 0.2) is 11.6 Å². The maximum Gasteiger partial charge on any atom is 0.238 e. The van der Waals surface area contributed by atoms with Crippen LogP contribution in [0.2, 0.25) is 0 Å². The number of hydrogen-bond donors (Lipinski definition) is 1. The number of nitrogens with one attached hydrogen (secondary N) is 1. The normalized spacial score (nSPS) is 25.5. The van der Waals surface area contributed by atoms with Crippen molar-refractivity contribution in [1.29, 1.82) is 0 Å². The van der Waals surface area contributed by atoms with Crippen molar-refractivity contribution in [2.24, 2.45) is 23.2 Å². The van der Waals surface area contributed by atoms with E-state index in [1.807, 2.05) is 56.6 Å². The molecule has 0 spiro atoms. The fourth-order valence-corrected chi connectivity index (χ4v) is 10.8. The van der Waals surface area contributed by atoms with Crippen LogP contribution in [-0.2, 0) is 40.9 Å². The molecule has 6 atom stereocenters. The van der Waals surface area contributed by atoms with Crippen LogP contribution in [0.4, 0.5) is 8.78 Å². The first-order valence-corrected chi connectivity index (χ1v) is 20.1. The summed E-state index contributed by atoms with van der Waals surface area (Å²) in [6, 6.07) is 19.5. The van der Waals surface area contributed by atoms with Crippen molar-refractivity contribution in [1.82, 2.24) is 19.4 Å². The summed E-state index contributed by atoms with van der Waals surface area (Å²) in [5.41, 5.74) is 3.19. The molecule has 0 radical (unpaired) electrons. The predicted molar refractivity (Wildman–Crippen MR) is 200 cm³/mol. The zero-order valence-electron chi connectivity index (χ0n) is 31.3. The van der Waals surface area contributed by atoms with Gasteiger partial charge in [-0.3, -0.25) is 9.69 Å². The number of methoxy groups -OCH3 is 1. The molecule has 8 nitrogen and oxygen atoms in total. The SMILES string of the molecule is COc1ccc(F)c(F)c1CN(Cc1cccc(CN2C(C(=O)N[C@H]3CC4CC([C@@H]3C)C4(C)C)CCS2(=O)=O)c1)[C@@H](Cc1ccccc1)CN(C)C. The first-order chi connectivity index (χ1) is 24.7. The summed E-state index contributed by atoms with van der Waals surface area (Å²) < 4.78 is 63.6. The smallest absolute Gasteiger partial charge is 0.238 e. The number of rotatable bonds is 14. The Kier molecular flexibility index (Phi) is 11.5. The maximum absolute atomic E-state index is 15.4. The summed E-state index contributed by atoms with van der Waals surface area (Å²) >= 11 is 0. The van der Waals surface area contributed by atoms with E-state index in [1.165, 1.54) is 23.9 Å². The highest BCUT2D eigenvalue weighted by Crippen LogP contribution is 2.61. The Bertz CT molecular complexity index is 1840. The Morgan fingerprint density at radius 2 is 1.71 bits per heavy atom. The molecule has 3 aromatic rings. The van der Waals surface area contributed by atoms with Crippen LogP contribution in [0.1, 0.15) is 62.3 Å². The molecule has 2 bridgehead atoms. The number of hydrogen-bond acceptors (Lipinski definition) is 6. The van der Waals surface area contributed by atoms with Crippen LogP contribution in [-0.4, -0.2) is 80.1 Å². The monoisotopic (exact) mass is 736 g/mol. The van der Waals surface area contributed by atoms with Crippen molar-refractivity contribution in [3.8, 4) is 5.75 Å². The molecular formula is C41H54F2N4O4S. The van der Waals surface area contributed by atoms with E-state index in [4.69, 9.17) is 4.74 Å². The first-order valence-electron chi connectivity index (χ1n) is 18.5. The second-order valence-electron chi connectivity index (χ2n) is 16.1. The molecule has 52 heavy (non-hydrogen) atoms. The molecule has 4 aliphatic rings. The van der Waals surface area contributed by atoms with Crippen LogP contribution in [0.3, 0.4) is 0 Å². The number of nitrogens with zero attached hydrogens (tertiary/aromatic N) is 3. The lowest BCUT2D eigenvalue weighted by molar-refractivity contribution is -0.136. The van der Waals surface area contributed by atoms with E-state index in [0.717, 1.165) is 29.2 Å². The Hall–Kier alpha value is -3.38. The molecule has 1 saturated heterocycles. The highest BCUT2D eigenvalue weighted by molar-refractivity contribution is 7.89.